The van der Waals surface area contributed by atoms with Crippen LogP contribution in [0.2, 0.25) is 0 Å². The van der Waals surface area contributed by atoms with Crippen molar-refractivity contribution in [3.8, 4) is 0 Å². The molecule has 0 saturated carbocycles. The van der Waals surface area contributed by atoms with Gasteiger partial charge in [-0.15, -0.1) is 0 Å². The zero-order valence-electron chi connectivity index (χ0n) is 14.5. The Kier molecular flexibility index (Phi) is 5.51. The summed E-state index contributed by atoms with van der Waals surface area (Å²) in [6.45, 7) is 6.39. The van der Waals surface area contributed by atoms with Crippen LogP contribution in [-0.2, 0) is 9.59 Å². The number of likely N-dealkylation sites (tertiary alicyclic amines) is 1. The van der Waals surface area contributed by atoms with Crippen molar-refractivity contribution in [2.24, 2.45) is 5.92 Å². The molecular formula is C19H28N3O2+. The molecule has 24 heavy (non-hydrogen) atoms. The van der Waals surface area contributed by atoms with Gasteiger partial charge in [0, 0.05) is 24.3 Å². The monoisotopic (exact) mass is 330 g/mol. The molecule has 5 heteroatoms. The predicted molar refractivity (Wildman–Crippen MR) is 95.2 cm³/mol. The maximum Gasteiger partial charge on any atom is 0.230 e. The number of hydrogen-bond donors (Lipinski definition) is 2. The summed E-state index contributed by atoms with van der Waals surface area (Å²) in [5, 5.41) is 2.96. The summed E-state index contributed by atoms with van der Waals surface area (Å²) >= 11 is 0. The van der Waals surface area contributed by atoms with E-state index in [-0.39, 0.29) is 11.8 Å². The first-order valence-corrected chi connectivity index (χ1v) is 9.15. The van der Waals surface area contributed by atoms with Crippen molar-refractivity contribution in [2.75, 3.05) is 36.4 Å². The van der Waals surface area contributed by atoms with E-state index in [0.29, 0.717) is 12.8 Å². The van der Waals surface area contributed by atoms with E-state index < -0.39 is 0 Å². The van der Waals surface area contributed by atoms with Crippen molar-refractivity contribution in [1.29, 1.82) is 0 Å². The highest BCUT2D eigenvalue weighted by Crippen LogP contribution is 2.23. The Labute approximate surface area is 144 Å². The standard InChI is InChI=1S/C19H27N3O2/c1-15-8-12-21(13-9-15)14-10-18(23)20-16-4-6-17(7-5-16)22-11-2-3-19(22)24/h4-7,15H,2-3,8-14H2,1H3,(H,20,23)/p+1. The van der Waals surface area contributed by atoms with E-state index in [9.17, 15) is 9.59 Å². The molecule has 2 aliphatic rings. The number of piperidine rings is 1. The number of carbonyl (C=O) groups excluding carboxylic acids is 2. The lowest BCUT2D eigenvalue weighted by atomic mass is 9.99. The van der Waals surface area contributed by atoms with Gasteiger partial charge in [-0.05, 0) is 49.4 Å². The fraction of sp³-hybridized carbons (Fsp3) is 0.579. The van der Waals surface area contributed by atoms with E-state index >= 15 is 0 Å². The molecule has 0 spiro atoms. The normalized spacial score (nSPS) is 24.2. The molecule has 1 aromatic carbocycles. The molecule has 0 bridgehead atoms. The Hall–Kier alpha value is -1.88. The predicted octanol–water partition coefficient (Wildman–Crippen LogP) is 1.46. The second kappa shape index (κ2) is 7.79. The Morgan fingerprint density at radius 2 is 1.96 bits per heavy atom. The summed E-state index contributed by atoms with van der Waals surface area (Å²) in [7, 11) is 0. The fourth-order valence-electron chi connectivity index (χ4n) is 3.58. The number of hydrogen-bond acceptors (Lipinski definition) is 2. The van der Waals surface area contributed by atoms with Crippen LogP contribution in [0.4, 0.5) is 11.4 Å². The molecule has 2 amide bonds. The molecule has 2 N–H and O–H groups in total. The number of benzene rings is 1. The van der Waals surface area contributed by atoms with Crippen molar-refractivity contribution < 1.29 is 14.5 Å². The quantitative estimate of drug-likeness (QED) is 0.859. The lowest BCUT2D eigenvalue weighted by Gasteiger charge is -2.27. The van der Waals surface area contributed by atoms with Crippen LogP contribution in [0.25, 0.3) is 0 Å². The highest BCUT2D eigenvalue weighted by molar-refractivity contribution is 5.96. The Morgan fingerprint density at radius 1 is 1.25 bits per heavy atom. The summed E-state index contributed by atoms with van der Waals surface area (Å²) in [5.74, 6) is 1.10. The number of amides is 2. The van der Waals surface area contributed by atoms with Gasteiger partial charge in [0.2, 0.25) is 11.8 Å². The lowest BCUT2D eigenvalue weighted by molar-refractivity contribution is -0.905. The molecule has 5 nitrogen and oxygen atoms in total. The van der Waals surface area contributed by atoms with Gasteiger partial charge >= 0.3 is 0 Å². The smallest absolute Gasteiger partial charge is 0.230 e. The van der Waals surface area contributed by atoms with E-state index in [1.54, 1.807) is 4.90 Å². The maximum absolute atomic E-state index is 12.1. The highest BCUT2D eigenvalue weighted by Gasteiger charge is 2.22. The number of carbonyl (C=O) groups is 2. The molecule has 2 fully saturated rings. The van der Waals surface area contributed by atoms with E-state index in [4.69, 9.17) is 0 Å². The Balaban J connectivity index is 1.45. The Morgan fingerprint density at radius 3 is 2.58 bits per heavy atom. The van der Waals surface area contributed by atoms with Gasteiger partial charge in [-0.3, -0.25) is 9.59 Å². The van der Waals surface area contributed by atoms with E-state index in [2.05, 4.69) is 12.2 Å². The van der Waals surface area contributed by atoms with Gasteiger partial charge in [-0.1, -0.05) is 6.92 Å². The molecule has 0 aliphatic carbocycles. The topological polar surface area (TPSA) is 53.9 Å². The number of anilines is 2. The van der Waals surface area contributed by atoms with Crippen LogP contribution in [0.5, 0.6) is 0 Å². The molecule has 130 valence electrons. The zero-order valence-corrected chi connectivity index (χ0v) is 14.5. The van der Waals surface area contributed by atoms with Gasteiger partial charge in [-0.2, -0.15) is 0 Å². The maximum atomic E-state index is 12.1. The van der Waals surface area contributed by atoms with Crippen LogP contribution in [0, 0.1) is 5.92 Å². The first-order valence-electron chi connectivity index (χ1n) is 9.15. The molecule has 2 heterocycles. The molecule has 0 unspecified atom stereocenters. The number of nitrogens with one attached hydrogen (secondary N) is 2. The summed E-state index contributed by atoms with van der Waals surface area (Å²) in [5.41, 5.74) is 1.72. The van der Waals surface area contributed by atoms with Crippen molar-refractivity contribution in [1.82, 2.24) is 0 Å². The molecule has 0 atom stereocenters. The summed E-state index contributed by atoms with van der Waals surface area (Å²) in [4.78, 5) is 27.2. The summed E-state index contributed by atoms with van der Waals surface area (Å²) < 4.78 is 0. The minimum absolute atomic E-state index is 0.0751. The third kappa shape index (κ3) is 4.35. The van der Waals surface area contributed by atoms with Crippen LogP contribution < -0.4 is 15.1 Å². The molecule has 1 aromatic rings. The molecular weight excluding hydrogens is 302 g/mol. The van der Waals surface area contributed by atoms with Crippen LogP contribution in [0.15, 0.2) is 24.3 Å². The van der Waals surface area contributed by atoms with Crippen LogP contribution in [0.1, 0.15) is 39.0 Å². The summed E-state index contributed by atoms with van der Waals surface area (Å²) in [6.07, 6.45) is 4.67. The van der Waals surface area contributed by atoms with Gasteiger partial charge in [0.15, 0.2) is 0 Å². The minimum atomic E-state index is 0.0751. The van der Waals surface area contributed by atoms with Crippen molar-refractivity contribution >= 4 is 23.2 Å². The van der Waals surface area contributed by atoms with Crippen molar-refractivity contribution in [2.45, 2.75) is 39.0 Å². The molecule has 0 aromatic heterocycles. The fourth-order valence-corrected chi connectivity index (χ4v) is 3.58. The van der Waals surface area contributed by atoms with Gasteiger partial charge in [0.25, 0.3) is 0 Å². The average molecular weight is 330 g/mol. The van der Waals surface area contributed by atoms with Crippen LogP contribution in [0.3, 0.4) is 0 Å². The molecule has 0 radical (unpaired) electrons. The molecule has 2 saturated heterocycles. The van der Waals surface area contributed by atoms with Crippen molar-refractivity contribution in [3.05, 3.63) is 24.3 Å². The van der Waals surface area contributed by atoms with Gasteiger partial charge in [0.05, 0.1) is 26.1 Å². The largest absolute Gasteiger partial charge is 0.334 e. The van der Waals surface area contributed by atoms with Crippen molar-refractivity contribution in [3.63, 3.8) is 0 Å². The second-order valence-corrected chi connectivity index (χ2v) is 7.18. The lowest BCUT2D eigenvalue weighted by Crippen LogP contribution is -3.13. The Bertz CT molecular complexity index is 577. The van der Waals surface area contributed by atoms with E-state index in [1.165, 1.54) is 25.9 Å². The van der Waals surface area contributed by atoms with E-state index in [1.807, 2.05) is 29.2 Å². The number of rotatable bonds is 5. The van der Waals surface area contributed by atoms with Gasteiger partial charge in [0.1, 0.15) is 0 Å². The molecule has 2 aliphatic heterocycles. The van der Waals surface area contributed by atoms with Gasteiger partial charge < -0.3 is 15.1 Å². The highest BCUT2D eigenvalue weighted by atomic mass is 16.2. The first-order chi connectivity index (χ1) is 11.6. The second-order valence-electron chi connectivity index (χ2n) is 7.18. The van der Waals surface area contributed by atoms with Crippen LogP contribution in [-0.4, -0.2) is 38.0 Å². The first kappa shape index (κ1) is 17.0. The zero-order chi connectivity index (χ0) is 16.9. The number of quaternary nitrogens is 1. The SMILES string of the molecule is CC1CC[NH+](CCC(=O)Nc2ccc(N3CCCC3=O)cc2)CC1. The van der Waals surface area contributed by atoms with Gasteiger partial charge in [-0.25, -0.2) is 0 Å². The minimum Gasteiger partial charge on any atom is -0.334 e. The third-order valence-corrected chi connectivity index (χ3v) is 5.22. The molecule has 3 rings (SSSR count). The van der Waals surface area contributed by atoms with Crippen LogP contribution >= 0.6 is 0 Å². The average Bonchev–Trinajstić information content (AvgIpc) is 3.01. The summed E-state index contributed by atoms with van der Waals surface area (Å²) in [6, 6.07) is 7.59. The third-order valence-electron chi connectivity index (χ3n) is 5.22. The van der Waals surface area contributed by atoms with E-state index in [0.717, 1.165) is 36.8 Å². The number of nitrogens with zero attached hydrogens (tertiary/aromatic N) is 1.